The average molecular weight is 415 g/mol. The van der Waals surface area contributed by atoms with Crippen LogP contribution in [0.4, 0.5) is 5.69 Å². The molecule has 1 aliphatic carbocycles. The van der Waals surface area contributed by atoms with E-state index in [4.69, 9.17) is 0 Å². The SMILES string of the molecule is Cc1cc(C)cc(NS(=O)(=O)c2cc(C(=O)NCC3CCCCC3)ccc2C)c1. The minimum absolute atomic E-state index is 0.127. The van der Waals surface area contributed by atoms with Crippen molar-refractivity contribution in [3.05, 3.63) is 58.7 Å². The van der Waals surface area contributed by atoms with Crippen molar-refractivity contribution in [2.24, 2.45) is 5.92 Å². The Morgan fingerprint density at radius 3 is 2.28 bits per heavy atom. The fourth-order valence-corrected chi connectivity index (χ4v) is 5.32. The van der Waals surface area contributed by atoms with E-state index in [2.05, 4.69) is 10.0 Å². The molecule has 6 heteroatoms. The van der Waals surface area contributed by atoms with Gasteiger partial charge in [-0.05, 0) is 80.5 Å². The molecule has 0 heterocycles. The van der Waals surface area contributed by atoms with Gasteiger partial charge < -0.3 is 5.32 Å². The zero-order chi connectivity index (χ0) is 21.0. The highest BCUT2D eigenvalue weighted by atomic mass is 32.2. The van der Waals surface area contributed by atoms with Crippen LogP contribution in [0, 0.1) is 26.7 Å². The summed E-state index contributed by atoms with van der Waals surface area (Å²) in [5.74, 6) is 0.297. The van der Waals surface area contributed by atoms with Crippen LogP contribution in [0.2, 0.25) is 0 Å². The van der Waals surface area contributed by atoms with E-state index in [9.17, 15) is 13.2 Å². The first-order valence-electron chi connectivity index (χ1n) is 10.2. The highest BCUT2D eigenvalue weighted by Gasteiger charge is 2.20. The highest BCUT2D eigenvalue weighted by Crippen LogP contribution is 2.24. The van der Waals surface area contributed by atoms with E-state index in [1.54, 1.807) is 31.2 Å². The van der Waals surface area contributed by atoms with Crippen molar-refractivity contribution in [1.29, 1.82) is 0 Å². The molecule has 0 saturated heterocycles. The summed E-state index contributed by atoms with van der Waals surface area (Å²) in [7, 11) is -3.80. The molecule has 2 aromatic carbocycles. The molecular formula is C23H30N2O3S. The second-order valence-electron chi connectivity index (χ2n) is 8.18. The molecule has 0 bridgehead atoms. The van der Waals surface area contributed by atoms with E-state index < -0.39 is 10.0 Å². The van der Waals surface area contributed by atoms with Gasteiger partial charge in [0.15, 0.2) is 0 Å². The maximum atomic E-state index is 13.0. The van der Waals surface area contributed by atoms with Crippen LogP contribution in [-0.2, 0) is 10.0 Å². The van der Waals surface area contributed by atoms with Gasteiger partial charge in [-0.25, -0.2) is 8.42 Å². The highest BCUT2D eigenvalue weighted by molar-refractivity contribution is 7.92. The van der Waals surface area contributed by atoms with Gasteiger partial charge >= 0.3 is 0 Å². The number of carbonyl (C=O) groups is 1. The van der Waals surface area contributed by atoms with Gasteiger partial charge in [-0.3, -0.25) is 9.52 Å². The molecule has 0 unspecified atom stereocenters. The first-order chi connectivity index (χ1) is 13.7. The molecule has 1 fully saturated rings. The molecular weight excluding hydrogens is 384 g/mol. The predicted octanol–water partition coefficient (Wildman–Crippen LogP) is 4.72. The zero-order valence-electron chi connectivity index (χ0n) is 17.4. The molecule has 0 aromatic heterocycles. The molecule has 0 atom stereocenters. The molecule has 0 spiro atoms. The smallest absolute Gasteiger partial charge is 0.262 e. The van der Waals surface area contributed by atoms with Gasteiger partial charge in [0.2, 0.25) is 0 Å². The second kappa shape index (κ2) is 8.99. The Bertz CT molecular complexity index is 973. The summed E-state index contributed by atoms with van der Waals surface area (Å²) < 4.78 is 28.6. The van der Waals surface area contributed by atoms with Crippen LogP contribution in [0.5, 0.6) is 0 Å². The number of amides is 1. The topological polar surface area (TPSA) is 75.3 Å². The molecule has 1 amide bonds. The van der Waals surface area contributed by atoms with Gasteiger partial charge in [-0.15, -0.1) is 0 Å². The summed E-state index contributed by atoms with van der Waals surface area (Å²) in [6.45, 7) is 6.23. The van der Waals surface area contributed by atoms with E-state index >= 15 is 0 Å². The Morgan fingerprint density at radius 2 is 1.62 bits per heavy atom. The van der Waals surface area contributed by atoms with Crippen molar-refractivity contribution in [2.45, 2.75) is 57.8 Å². The minimum atomic E-state index is -3.80. The van der Waals surface area contributed by atoms with Gasteiger partial charge in [0, 0.05) is 17.8 Å². The second-order valence-corrected chi connectivity index (χ2v) is 9.83. The van der Waals surface area contributed by atoms with E-state index in [0.29, 0.717) is 29.3 Å². The Hall–Kier alpha value is -2.34. The number of sulfonamides is 1. The molecule has 2 N–H and O–H groups in total. The van der Waals surface area contributed by atoms with E-state index in [0.717, 1.165) is 24.0 Å². The van der Waals surface area contributed by atoms with Crippen LogP contribution in [0.3, 0.4) is 0 Å². The first-order valence-corrected chi connectivity index (χ1v) is 11.7. The number of nitrogens with one attached hydrogen (secondary N) is 2. The van der Waals surface area contributed by atoms with Crippen LogP contribution >= 0.6 is 0 Å². The summed E-state index contributed by atoms with van der Waals surface area (Å²) in [5.41, 5.74) is 3.46. The monoisotopic (exact) mass is 414 g/mol. The number of hydrogen-bond acceptors (Lipinski definition) is 3. The Labute approximate surface area is 174 Å². The summed E-state index contributed by atoms with van der Waals surface area (Å²) in [5, 5.41) is 2.98. The Balaban J connectivity index is 1.77. The number of aryl methyl sites for hydroxylation is 3. The van der Waals surface area contributed by atoms with Gasteiger partial charge in [0.1, 0.15) is 0 Å². The number of hydrogen-bond donors (Lipinski definition) is 2. The van der Waals surface area contributed by atoms with Crippen molar-refractivity contribution in [3.63, 3.8) is 0 Å². The fraction of sp³-hybridized carbons (Fsp3) is 0.435. The van der Waals surface area contributed by atoms with Crippen molar-refractivity contribution in [1.82, 2.24) is 5.32 Å². The zero-order valence-corrected chi connectivity index (χ0v) is 18.2. The van der Waals surface area contributed by atoms with Gasteiger partial charge in [-0.2, -0.15) is 0 Å². The molecule has 1 saturated carbocycles. The normalized spacial score (nSPS) is 15.1. The quantitative estimate of drug-likeness (QED) is 0.718. The summed E-state index contributed by atoms with van der Waals surface area (Å²) in [4.78, 5) is 12.7. The minimum Gasteiger partial charge on any atom is -0.352 e. The van der Waals surface area contributed by atoms with Gasteiger partial charge in [0.25, 0.3) is 15.9 Å². The third kappa shape index (κ3) is 5.60. The van der Waals surface area contributed by atoms with Crippen molar-refractivity contribution in [3.8, 4) is 0 Å². The molecule has 2 aromatic rings. The van der Waals surface area contributed by atoms with Gasteiger partial charge in [0.05, 0.1) is 4.90 Å². The van der Waals surface area contributed by atoms with Gasteiger partial charge in [-0.1, -0.05) is 31.4 Å². The third-order valence-corrected chi connectivity index (χ3v) is 7.01. The number of rotatable bonds is 6. The lowest BCUT2D eigenvalue weighted by molar-refractivity contribution is 0.0943. The molecule has 156 valence electrons. The fourth-order valence-electron chi connectivity index (χ4n) is 4.00. The molecule has 0 radical (unpaired) electrons. The molecule has 1 aliphatic rings. The maximum Gasteiger partial charge on any atom is 0.262 e. The first kappa shape index (κ1) is 21.4. The largest absolute Gasteiger partial charge is 0.352 e. The van der Waals surface area contributed by atoms with Crippen molar-refractivity contribution in [2.75, 3.05) is 11.3 Å². The molecule has 0 aliphatic heterocycles. The lowest BCUT2D eigenvalue weighted by Gasteiger charge is -2.21. The predicted molar refractivity (Wildman–Crippen MR) is 117 cm³/mol. The molecule has 29 heavy (non-hydrogen) atoms. The molecule has 5 nitrogen and oxygen atoms in total. The summed E-state index contributed by atoms with van der Waals surface area (Å²) >= 11 is 0. The Kier molecular flexibility index (Phi) is 6.63. The van der Waals surface area contributed by atoms with Crippen LogP contribution < -0.4 is 10.0 Å². The lowest BCUT2D eigenvalue weighted by atomic mass is 9.89. The number of benzene rings is 2. The van der Waals surface area contributed by atoms with Crippen molar-refractivity contribution < 1.29 is 13.2 Å². The summed E-state index contributed by atoms with van der Waals surface area (Å²) in [6, 6.07) is 10.4. The Morgan fingerprint density at radius 1 is 0.966 bits per heavy atom. The standard InChI is InChI=1S/C23H30N2O3S/c1-16-11-17(2)13-21(12-16)25-29(27,28)22-14-20(10-9-18(22)3)23(26)24-15-19-7-5-4-6-8-19/h9-14,19,25H,4-8,15H2,1-3H3,(H,24,26). The maximum absolute atomic E-state index is 13.0. The third-order valence-electron chi connectivity index (χ3n) is 5.49. The molecule has 3 rings (SSSR count). The van der Waals surface area contributed by atoms with Crippen LogP contribution in [0.25, 0.3) is 0 Å². The van der Waals surface area contributed by atoms with E-state index in [1.165, 1.54) is 25.3 Å². The average Bonchev–Trinajstić information content (AvgIpc) is 2.66. The summed E-state index contributed by atoms with van der Waals surface area (Å²) in [6.07, 6.45) is 6.01. The van der Waals surface area contributed by atoms with E-state index in [1.807, 2.05) is 19.9 Å². The van der Waals surface area contributed by atoms with Crippen LogP contribution in [-0.4, -0.2) is 20.9 Å². The van der Waals surface area contributed by atoms with Crippen LogP contribution in [0.1, 0.15) is 59.2 Å². The number of carbonyl (C=O) groups excluding carboxylic acids is 1. The van der Waals surface area contributed by atoms with Crippen molar-refractivity contribution >= 4 is 21.6 Å². The van der Waals surface area contributed by atoms with Crippen LogP contribution in [0.15, 0.2) is 41.3 Å². The van der Waals surface area contributed by atoms with E-state index in [-0.39, 0.29) is 10.8 Å². The lowest BCUT2D eigenvalue weighted by Crippen LogP contribution is -2.30. The number of anilines is 1.